The number of aryl methyl sites for hydroxylation is 1. The van der Waals surface area contributed by atoms with Gasteiger partial charge in [0.15, 0.2) is 0 Å². The third-order valence-corrected chi connectivity index (χ3v) is 2.88. The average molecular weight is 248 g/mol. The van der Waals surface area contributed by atoms with Crippen LogP contribution >= 0.6 is 0 Å². The second kappa shape index (κ2) is 7.88. The van der Waals surface area contributed by atoms with Crippen molar-refractivity contribution in [2.45, 2.75) is 39.7 Å². The molecular formula is C15H24N2O. The van der Waals surface area contributed by atoms with Crippen LogP contribution in [0.1, 0.15) is 43.1 Å². The first-order valence-corrected chi connectivity index (χ1v) is 6.77. The maximum Gasteiger partial charge on any atom is 0.251 e. The predicted octanol–water partition coefficient (Wildman–Crippen LogP) is 2.37. The molecule has 0 bridgehead atoms. The molecule has 0 unspecified atom stereocenters. The molecule has 0 aliphatic rings. The Hall–Kier alpha value is -1.35. The predicted molar refractivity (Wildman–Crippen MR) is 75.9 cm³/mol. The highest BCUT2D eigenvalue weighted by Crippen LogP contribution is 2.06. The normalized spacial score (nSPS) is 12.2. The lowest BCUT2D eigenvalue weighted by Crippen LogP contribution is -2.38. The highest BCUT2D eigenvalue weighted by molar-refractivity contribution is 5.94. The number of likely N-dealkylation sites (N-methyl/N-ethyl adjacent to an activating group) is 1. The number of carbonyl (C=O) groups excluding carboxylic acids is 1. The zero-order valence-electron chi connectivity index (χ0n) is 11.6. The fourth-order valence-corrected chi connectivity index (χ4v) is 1.88. The van der Waals surface area contributed by atoms with Crippen LogP contribution in [0.2, 0.25) is 0 Å². The fourth-order valence-electron chi connectivity index (χ4n) is 1.88. The zero-order valence-corrected chi connectivity index (χ0v) is 11.6. The number of hydrogen-bond acceptors (Lipinski definition) is 2. The molecule has 3 heteroatoms. The summed E-state index contributed by atoms with van der Waals surface area (Å²) in [4.78, 5) is 11.9. The summed E-state index contributed by atoms with van der Waals surface area (Å²) in [6.07, 6.45) is 2.20. The van der Waals surface area contributed by atoms with Crippen LogP contribution in [0, 0.1) is 0 Å². The van der Waals surface area contributed by atoms with Crippen LogP contribution in [-0.4, -0.2) is 25.0 Å². The van der Waals surface area contributed by atoms with E-state index in [2.05, 4.69) is 31.4 Å². The number of amides is 1. The Balaban J connectivity index is 2.46. The van der Waals surface area contributed by atoms with Crippen molar-refractivity contribution in [2.75, 3.05) is 13.1 Å². The summed E-state index contributed by atoms with van der Waals surface area (Å²) in [5.74, 6) is 0.00259. The van der Waals surface area contributed by atoms with Gasteiger partial charge in [0, 0.05) is 18.2 Å². The van der Waals surface area contributed by atoms with Gasteiger partial charge in [-0.1, -0.05) is 32.4 Å². The van der Waals surface area contributed by atoms with Gasteiger partial charge in [-0.05, 0) is 37.6 Å². The molecule has 0 spiro atoms. The average Bonchev–Trinajstić information content (AvgIpc) is 2.37. The minimum absolute atomic E-state index is 0.00259. The van der Waals surface area contributed by atoms with E-state index in [0.29, 0.717) is 12.6 Å². The monoisotopic (exact) mass is 248 g/mol. The van der Waals surface area contributed by atoms with E-state index in [1.807, 2.05) is 24.3 Å². The summed E-state index contributed by atoms with van der Waals surface area (Å²) in [5, 5.41) is 6.20. The Bertz CT molecular complexity index is 359. The molecule has 1 aromatic carbocycles. The first kappa shape index (κ1) is 14.7. The molecule has 100 valence electrons. The van der Waals surface area contributed by atoms with Crippen molar-refractivity contribution in [1.82, 2.24) is 10.6 Å². The lowest BCUT2D eigenvalue weighted by atomic mass is 10.1. The summed E-state index contributed by atoms with van der Waals surface area (Å²) in [6.45, 7) is 7.85. The molecule has 0 fully saturated rings. The van der Waals surface area contributed by atoms with Gasteiger partial charge >= 0.3 is 0 Å². The molecule has 1 rings (SSSR count). The van der Waals surface area contributed by atoms with E-state index in [4.69, 9.17) is 0 Å². The number of benzene rings is 1. The first-order chi connectivity index (χ1) is 8.67. The summed E-state index contributed by atoms with van der Waals surface area (Å²) < 4.78 is 0. The highest BCUT2D eigenvalue weighted by atomic mass is 16.1. The molecule has 0 aliphatic heterocycles. The van der Waals surface area contributed by atoms with Crippen LogP contribution in [0.4, 0.5) is 0 Å². The van der Waals surface area contributed by atoms with Crippen LogP contribution in [0.5, 0.6) is 0 Å². The van der Waals surface area contributed by atoms with Crippen molar-refractivity contribution >= 4 is 5.91 Å². The van der Waals surface area contributed by atoms with E-state index in [9.17, 15) is 4.79 Å². The van der Waals surface area contributed by atoms with E-state index in [0.717, 1.165) is 24.9 Å². The van der Waals surface area contributed by atoms with Crippen LogP contribution in [0.3, 0.4) is 0 Å². The number of rotatable bonds is 7. The topological polar surface area (TPSA) is 41.1 Å². The van der Waals surface area contributed by atoms with Gasteiger partial charge in [0.25, 0.3) is 5.91 Å². The Labute approximate surface area is 110 Å². The van der Waals surface area contributed by atoms with Gasteiger partial charge in [-0.2, -0.15) is 0 Å². The Morgan fingerprint density at radius 2 is 1.89 bits per heavy atom. The van der Waals surface area contributed by atoms with Crippen molar-refractivity contribution in [3.8, 4) is 0 Å². The SMILES string of the molecule is CCCc1ccc(C(=O)NC[C@@H](C)NCC)cc1. The van der Waals surface area contributed by atoms with Gasteiger partial charge in [0.2, 0.25) is 0 Å². The van der Waals surface area contributed by atoms with Gasteiger partial charge in [0.1, 0.15) is 0 Å². The lowest BCUT2D eigenvalue weighted by molar-refractivity contribution is 0.0950. The van der Waals surface area contributed by atoms with Crippen molar-refractivity contribution in [3.05, 3.63) is 35.4 Å². The van der Waals surface area contributed by atoms with E-state index in [1.54, 1.807) is 0 Å². The van der Waals surface area contributed by atoms with Crippen LogP contribution < -0.4 is 10.6 Å². The first-order valence-electron chi connectivity index (χ1n) is 6.77. The molecule has 0 heterocycles. The molecule has 0 saturated heterocycles. The minimum atomic E-state index is 0.00259. The molecule has 0 radical (unpaired) electrons. The van der Waals surface area contributed by atoms with Crippen molar-refractivity contribution in [1.29, 1.82) is 0 Å². The largest absolute Gasteiger partial charge is 0.350 e. The molecule has 1 amide bonds. The summed E-state index contributed by atoms with van der Waals surface area (Å²) in [5.41, 5.74) is 2.02. The lowest BCUT2D eigenvalue weighted by Gasteiger charge is -2.13. The molecule has 2 N–H and O–H groups in total. The Kier molecular flexibility index (Phi) is 6.44. The standard InChI is InChI=1S/C15H24N2O/c1-4-6-13-7-9-14(10-8-13)15(18)17-11-12(3)16-5-2/h7-10,12,16H,4-6,11H2,1-3H3,(H,17,18)/t12-/m1/s1. The number of hydrogen-bond donors (Lipinski definition) is 2. The molecule has 1 aromatic rings. The molecule has 0 aliphatic carbocycles. The minimum Gasteiger partial charge on any atom is -0.350 e. The molecule has 1 atom stereocenters. The highest BCUT2D eigenvalue weighted by Gasteiger charge is 2.06. The van der Waals surface area contributed by atoms with Gasteiger partial charge in [0.05, 0.1) is 0 Å². The maximum atomic E-state index is 11.9. The quantitative estimate of drug-likeness (QED) is 0.778. The van der Waals surface area contributed by atoms with E-state index in [1.165, 1.54) is 5.56 Å². The van der Waals surface area contributed by atoms with Crippen LogP contribution in [0.25, 0.3) is 0 Å². The molecule has 18 heavy (non-hydrogen) atoms. The van der Waals surface area contributed by atoms with E-state index >= 15 is 0 Å². The van der Waals surface area contributed by atoms with Crippen LogP contribution in [0.15, 0.2) is 24.3 Å². The van der Waals surface area contributed by atoms with Crippen molar-refractivity contribution in [3.63, 3.8) is 0 Å². The summed E-state index contributed by atoms with van der Waals surface area (Å²) in [7, 11) is 0. The van der Waals surface area contributed by atoms with Gasteiger partial charge in [-0.15, -0.1) is 0 Å². The smallest absolute Gasteiger partial charge is 0.251 e. The van der Waals surface area contributed by atoms with Crippen LogP contribution in [-0.2, 0) is 6.42 Å². The molecule has 3 nitrogen and oxygen atoms in total. The van der Waals surface area contributed by atoms with Gasteiger partial charge in [-0.25, -0.2) is 0 Å². The van der Waals surface area contributed by atoms with E-state index < -0.39 is 0 Å². The third kappa shape index (κ3) is 4.88. The number of carbonyl (C=O) groups is 1. The van der Waals surface area contributed by atoms with Gasteiger partial charge in [-0.3, -0.25) is 4.79 Å². The second-order valence-corrected chi connectivity index (χ2v) is 4.62. The summed E-state index contributed by atoms with van der Waals surface area (Å²) >= 11 is 0. The molecular weight excluding hydrogens is 224 g/mol. The fraction of sp³-hybridized carbons (Fsp3) is 0.533. The third-order valence-electron chi connectivity index (χ3n) is 2.88. The Morgan fingerprint density at radius 1 is 1.22 bits per heavy atom. The number of nitrogens with one attached hydrogen (secondary N) is 2. The second-order valence-electron chi connectivity index (χ2n) is 4.62. The Morgan fingerprint density at radius 3 is 2.44 bits per heavy atom. The van der Waals surface area contributed by atoms with Crippen molar-refractivity contribution < 1.29 is 4.79 Å². The maximum absolute atomic E-state index is 11.9. The molecule has 0 aromatic heterocycles. The summed E-state index contributed by atoms with van der Waals surface area (Å²) in [6, 6.07) is 8.17. The van der Waals surface area contributed by atoms with E-state index in [-0.39, 0.29) is 5.91 Å². The molecule has 0 saturated carbocycles. The zero-order chi connectivity index (χ0) is 13.4. The van der Waals surface area contributed by atoms with Gasteiger partial charge < -0.3 is 10.6 Å². The van der Waals surface area contributed by atoms with Crippen molar-refractivity contribution in [2.24, 2.45) is 0 Å².